The summed E-state index contributed by atoms with van der Waals surface area (Å²) in [5, 5.41) is 4.25. The number of hydrogen-bond acceptors (Lipinski definition) is 3. The van der Waals surface area contributed by atoms with Crippen LogP contribution in [0.1, 0.15) is 69.4 Å². The molecule has 4 nitrogen and oxygen atoms in total. The molecule has 0 bridgehead atoms. The summed E-state index contributed by atoms with van der Waals surface area (Å²) in [4.78, 5) is 20.5. The molecule has 0 aromatic heterocycles. The van der Waals surface area contributed by atoms with Crippen LogP contribution in [0.5, 0.6) is 0 Å². The van der Waals surface area contributed by atoms with Crippen LogP contribution in [-0.4, -0.2) is 33.8 Å². The van der Waals surface area contributed by atoms with Crippen molar-refractivity contribution in [2.75, 3.05) is 11.1 Å². The second-order valence-electron chi connectivity index (χ2n) is 9.33. The molecular formula is C28H37N3OS. The van der Waals surface area contributed by atoms with Crippen molar-refractivity contribution in [3.8, 4) is 0 Å². The van der Waals surface area contributed by atoms with Gasteiger partial charge in [0.2, 0.25) is 5.91 Å². The lowest BCUT2D eigenvalue weighted by atomic mass is 9.96. The Kier molecular flexibility index (Phi) is 8.87. The highest BCUT2D eigenvalue weighted by molar-refractivity contribution is 8.14. The van der Waals surface area contributed by atoms with Gasteiger partial charge >= 0.3 is 0 Å². The quantitative estimate of drug-likeness (QED) is 0.452. The summed E-state index contributed by atoms with van der Waals surface area (Å²) >= 11 is 1.83. The van der Waals surface area contributed by atoms with Gasteiger partial charge in [-0.2, -0.15) is 0 Å². The number of aryl methyl sites for hydroxylation is 1. The summed E-state index contributed by atoms with van der Waals surface area (Å²) in [7, 11) is 0. The molecule has 1 saturated carbocycles. The first-order valence-corrected chi connectivity index (χ1v) is 13.6. The van der Waals surface area contributed by atoms with E-state index in [0.29, 0.717) is 12.5 Å². The first kappa shape index (κ1) is 23.9. The van der Waals surface area contributed by atoms with Gasteiger partial charge in [-0.25, -0.2) is 0 Å². The van der Waals surface area contributed by atoms with E-state index >= 15 is 0 Å². The maximum Gasteiger partial charge on any atom is 0.226 e. The number of carbonyl (C=O) groups excluding carboxylic acids is 1. The van der Waals surface area contributed by atoms with Crippen molar-refractivity contribution in [2.45, 2.75) is 83.3 Å². The molecule has 1 unspecified atom stereocenters. The molecule has 1 N–H and O–H groups in total. The predicted molar refractivity (Wildman–Crippen MR) is 141 cm³/mol. The molecule has 2 aromatic carbocycles. The average molecular weight is 464 g/mol. The van der Waals surface area contributed by atoms with E-state index in [4.69, 9.17) is 4.99 Å². The molecule has 2 fully saturated rings. The predicted octanol–water partition coefficient (Wildman–Crippen LogP) is 6.66. The molecule has 1 aliphatic heterocycles. The van der Waals surface area contributed by atoms with Crippen LogP contribution in [0.4, 0.5) is 5.69 Å². The Morgan fingerprint density at radius 3 is 2.52 bits per heavy atom. The number of hydrogen-bond donors (Lipinski definition) is 1. The van der Waals surface area contributed by atoms with Crippen LogP contribution in [0.3, 0.4) is 0 Å². The summed E-state index contributed by atoms with van der Waals surface area (Å²) in [5.41, 5.74) is 3.49. The second-order valence-corrected chi connectivity index (χ2v) is 10.3. The monoisotopic (exact) mass is 463 g/mol. The van der Waals surface area contributed by atoms with E-state index < -0.39 is 0 Å². The van der Waals surface area contributed by atoms with Crippen molar-refractivity contribution >= 4 is 28.5 Å². The molecule has 2 aliphatic rings. The smallest absolute Gasteiger partial charge is 0.226 e. The molecule has 1 heterocycles. The van der Waals surface area contributed by atoms with E-state index in [0.717, 1.165) is 29.6 Å². The van der Waals surface area contributed by atoms with Gasteiger partial charge in [0.1, 0.15) is 0 Å². The van der Waals surface area contributed by atoms with E-state index in [1.165, 1.54) is 56.1 Å². The number of nitrogens with zero attached hydrogens (tertiary/aromatic N) is 2. The summed E-state index contributed by atoms with van der Waals surface area (Å²) in [6.07, 6.45) is 10.3. The number of amidine groups is 1. The fourth-order valence-electron chi connectivity index (χ4n) is 4.69. The molecule has 1 aliphatic carbocycles. The number of rotatable bonds is 9. The van der Waals surface area contributed by atoms with Crippen LogP contribution in [0.25, 0.3) is 0 Å². The third kappa shape index (κ3) is 7.10. The first-order valence-electron chi connectivity index (χ1n) is 12.6. The highest BCUT2D eigenvalue weighted by atomic mass is 32.2. The highest BCUT2D eigenvalue weighted by Gasteiger charge is 2.32. The maximum atomic E-state index is 12.9. The van der Waals surface area contributed by atoms with Gasteiger partial charge in [-0.1, -0.05) is 86.8 Å². The van der Waals surface area contributed by atoms with Gasteiger partial charge in [0.15, 0.2) is 5.17 Å². The van der Waals surface area contributed by atoms with Crippen LogP contribution in [0.15, 0.2) is 59.6 Å². The zero-order valence-corrected chi connectivity index (χ0v) is 20.7. The van der Waals surface area contributed by atoms with Crippen LogP contribution in [0.2, 0.25) is 0 Å². The van der Waals surface area contributed by atoms with E-state index in [1.54, 1.807) is 0 Å². The van der Waals surface area contributed by atoms with Crippen LogP contribution in [-0.2, 0) is 17.8 Å². The van der Waals surface area contributed by atoms with Gasteiger partial charge < -0.3 is 10.2 Å². The number of unbranched alkanes of at least 4 members (excludes halogenated alkanes) is 1. The zero-order chi connectivity index (χ0) is 22.9. The van der Waals surface area contributed by atoms with Gasteiger partial charge in [0, 0.05) is 30.4 Å². The van der Waals surface area contributed by atoms with Gasteiger partial charge in [0.05, 0.1) is 6.04 Å². The van der Waals surface area contributed by atoms with Crippen LogP contribution < -0.4 is 5.32 Å². The summed E-state index contributed by atoms with van der Waals surface area (Å²) in [5.74, 6) is 1.00. The fraction of sp³-hybridized carbons (Fsp3) is 0.500. The second kappa shape index (κ2) is 12.3. The summed E-state index contributed by atoms with van der Waals surface area (Å²) < 4.78 is 0. The number of amides is 1. The van der Waals surface area contributed by atoms with Crippen molar-refractivity contribution in [3.05, 3.63) is 65.7 Å². The minimum Gasteiger partial charge on any atom is -0.343 e. The minimum atomic E-state index is 0.0823. The van der Waals surface area contributed by atoms with Crippen molar-refractivity contribution in [2.24, 2.45) is 4.99 Å². The average Bonchev–Trinajstić information content (AvgIpc) is 3.20. The van der Waals surface area contributed by atoms with Crippen LogP contribution in [0, 0.1) is 0 Å². The largest absolute Gasteiger partial charge is 0.343 e. The molecule has 5 heteroatoms. The highest BCUT2D eigenvalue weighted by Crippen LogP contribution is 2.31. The van der Waals surface area contributed by atoms with Gasteiger partial charge in [-0.15, -0.1) is 0 Å². The topological polar surface area (TPSA) is 44.7 Å². The molecule has 1 saturated heterocycles. The molecule has 176 valence electrons. The number of anilines is 1. The molecule has 4 rings (SSSR count). The van der Waals surface area contributed by atoms with Crippen molar-refractivity contribution in [1.29, 1.82) is 0 Å². The zero-order valence-electron chi connectivity index (χ0n) is 19.8. The summed E-state index contributed by atoms with van der Waals surface area (Å²) in [6.45, 7) is 3.02. The first-order chi connectivity index (χ1) is 16.2. The van der Waals surface area contributed by atoms with Crippen LogP contribution >= 0.6 is 11.8 Å². The Labute approximate surface area is 203 Å². The Hall–Kier alpha value is -2.27. The van der Waals surface area contributed by atoms with E-state index in [2.05, 4.69) is 59.6 Å². The Morgan fingerprint density at radius 1 is 1.03 bits per heavy atom. The molecular weight excluding hydrogens is 426 g/mol. The molecule has 1 amide bonds. The van der Waals surface area contributed by atoms with Crippen molar-refractivity contribution < 1.29 is 4.79 Å². The van der Waals surface area contributed by atoms with E-state index in [-0.39, 0.29) is 11.9 Å². The fourth-order valence-corrected chi connectivity index (χ4v) is 5.93. The number of nitrogens with one attached hydrogen (secondary N) is 1. The standard InChI is InChI=1S/C28H37N3OS/c1-2-3-10-22-15-17-25(18-16-22)29-27(32)19-26-21-33-28(30-24-13-8-5-9-14-24)31(26)20-23-11-6-4-7-12-23/h4,6-7,11-12,15-18,24,26H,2-3,5,8-10,13-14,19-21H2,1H3,(H,29,32). The summed E-state index contributed by atoms with van der Waals surface area (Å²) in [6, 6.07) is 19.5. The normalized spacial score (nSPS) is 20.3. The Bertz CT molecular complexity index is 906. The molecule has 0 radical (unpaired) electrons. The maximum absolute atomic E-state index is 12.9. The molecule has 2 aromatic rings. The number of carbonyl (C=O) groups is 1. The van der Waals surface area contributed by atoms with E-state index in [9.17, 15) is 4.79 Å². The third-order valence-corrected chi connectivity index (χ3v) is 7.78. The van der Waals surface area contributed by atoms with Crippen molar-refractivity contribution in [3.63, 3.8) is 0 Å². The Balaban J connectivity index is 1.41. The third-order valence-electron chi connectivity index (χ3n) is 6.63. The molecule has 1 atom stereocenters. The minimum absolute atomic E-state index is 0.0823. The molecule has 0 spiro atoms. The van der Waals surface area contributed by atoms with Crippen molar-refractivity contribution in [1.82, 2.24) is 4.90 Å². The number of benzene rings is 2. The van der Waals surface area contributed by atoms with Gasteiger partial charge in [0.25, 0.3) is 0 Å². The lowest BCUT2D eigenvalue weighted by Crippen LogP contribution is -2.37. The lowest BCUT2D eigenvalue weighted by molar-refractivity contribution is -0.116. The SMILES string of the molecule is CCCCc1ccc(NC(=O)CC2CSC(=NC3CCCCC3)N2Cc2ccccc2)cc1. The van der Waals surface area contributed by atoms with E-state index in [1.807, 2.05) is 23.9 Å². The molecule has 33 heavy (non-hydrogen) atoms. The number of thioether (sulfide) groups is 1. The lowest BCUT2D eigenvalue weighted by Gasteiger charge is -2.27. The van der Waals surface area contributed by atoms with Gasteiger partial charge in [-0.05, 0) is 48.9 Å². The Morgan fingerprint density at radius 2 is 1.79 bits per heavy atom. The number of aliphatic imine (C=N–C) groups is 1. The van der Waals surface area contributed by atoms with Gasteiger partial charge in [-0.3, -0.25) is 9.79 Å².